The molecule has 0 unspecified atom stereocenters. The fourth-order valence-corrected chi connectivity index (χ4v) is 1.55. The van der Waals surface area contributed by atoms with Crippen molar-refractivity contribution >= 4 is 17.4 Å². The molecule has 0 radical (unpaired) electrons. The SMILES string of the molecule is COCc1nc(Cl)cc(N[C@H](CO)C(C)C)n1. The van der Waals surface area contributed by atoms with Crippen LogP contribution in [-0.4, -0.2) is 34.8 Å². The van der Waals surface area contributed by atoms with E-state index in [9.17, 15) is 5.11 Å². The number of hydrogen-bond donors (Lipinski definition) is 2. The van der Waals surface area contributed by atoms with E-state index < -0.39 is 0 Å². The Morgan fingerprint density at radius 3 is 2.71 bits per heavy atom. The van der Waals surface area contributed by atoms with Gasteiger partial charge in [-0.15, -0.1) is 0 Å². The second kappa shape index (κ2) is 6.74. The summed E-state index contributed by atoms with van der Waals surface area (Å²) in [6, 6.07) is 1.57. The van der Waals surface area contributed by atoms with E-state index in [1.54, 1.807) is 13.2 Å². The Hall–Kier alpha value is -0.910. The molecule has 6 heteroatoms. The van der Waals surface area contributed by atoms with Crippen molar-refractivity contribution in [3.63, 3.8) is 0 Å². The summed E-state index contributed by atoms with van der Waals surface area (Å²) in [6.45, 7) is 4.39. The molecule has 0 aromatic carbocycles. The Labute approximate surface area is 106 Å². The zero-order chi connectivity index (χ0) is 12.8. The summed E-state index contributed by atoms with van der Waals surface area (Å²) in [4.78, 5) is 8.28. The van der Waals surface area contributed by atoms with Crippen molar-refractivity contribution in [2.45, 2.75) is 26.5 Å². The number of aliphatic hydroxyl groups is 1. The van der Waals surface area contributed by atoms with Gasteiger partial charge in [0.25, 0.3) is 0 Å². The monoisotopic (exact) mass is 259 g/mol. The summed E-state index contributed by atoms with van der Waals surface area (Å²) in [5.74, 6) is 1.41. The first kappa shape index (κ1) is 14.2. The van der Waals surface area contributed by atoms with Gasteiger partial charge in [0.2, 0.25) is 0 Å². The van der Waals surface area contributed by atoms with E-state index in [0.29, 0.717) is 29.3 Å². The summed E-state index contributed by atoms with van der Waals surface area (Å²) in [7, 11) is 1.57. The second-order valence-electron chi connectivity index (χ2n) is 4.10. The van der Waals surface area contributed by atoms with Gasteiger partial charge in [-0.25, -0.2) is 9.97 Å². The van der Waals surface area contributed by atoms with Gasteiger partial charge in [-0.2, -0.15) is 0 Å². The largest absolute Gasteiger partial charge is 0.394 e. The third kappa shape index (κ3) is 4.46. The van der Waals surface area contributed by atoms with Crippen LogP contribution in [0, 0.1) is 5.92 Å². The zero-order valence-electron chi connectivity index (χ0n) is 10.3. The molecule has 1 aromatic rings. The lowest BCUT2D eigenvalue weighted by molar-refractivity contribution is 0.178. The van der Waals surface area contributed by atoms with Crippen molar-refractivity contribution in [2.24, 2.45) is 5.92 Å². The zero-order valence-corrected chi connectivity index (χ0v) is 11.0. The number of ether oxygens (including phenoxy) is 1. The highest BCUT2D eigenvalue weighted by molar-refractivity contribution is 6.29. The fourth-order valence-electron chi connectivity index (χ4n) is 1.35. The third-order valence-corrected chi connectivity index (χ3v) is 2.54. The smallest absolute Gasteiger partial charge is 0.158 e. The van der Waals surface area contributed by atoms with Crippen molar-refractivity contribution in [1.82, 2.24) is 9.97 Å². The molecule has 0 saturated heterocycles. The first-order chi connectivity index (χ1) is 8.06. The molecule has 0 bridgehead atoms. The Balaban J connectivity index is 2.82. The van der Waals surface area contributed by atoms with E-state index in [1.807, 2.05) is 13.8 Å². The molecule has 0 aliphatic carbocycles. The van der Waals surface area contributed by atoms with Crippen LogP contribution in [0.4, 0.5) is 5.82 Å². The maximum atomic E-state index is 9.24. The molecule has 0 aliphatic rings. The molecule has 0 aliphatic heterocycles. The predicted molar refractivity (Wildman–Crippen MR) is 67.1 cm³/mol. The van der Waals surface area contributed by atoms with E-state index in [1.165, 1.54) is 0 Å². The Morgan fingerprint density at radius 1 is 1.47 bits per heavy atom. The average Bonchev–Trinajstić information content (AvgIpc) is 2.25. The summed E-state index contributed by atoms with van der Waals surface area (Å²) < 4.78 is 4.96. The molecule has 0 saturated carbocycles. The fraction of sp³-hybridized carbons (Fsp3) is 0.636. The van der Waals surface area contributed by atoms with Crippen LogP contribution < -0.4 is 5.32 Å². The van der Waals surface area contributed by atoms with Crippen LogP contribution in [0.2, 0.25) is 5.15 Å². The van der Waals surface area contributed by atoms with Crippen LogP contribution in [-0.2, 0) is 11.3 Å². The van der Waals surface area contributed by atoms with Gasteiger partial charge < -0.3 is 15.2 Å². The topological polar surface area (TPSA) is 67.3 Å². The minimum absolute atomic E-state index is 0.0406. The van der Waals surface area contributed by atoms with Crippen molar-refractivity contribution < 1.29 is 9.84 Å². The molecule has 96 valence electrons. The summed E-state index contributed by atoms with van der Waals surface area (Å²) >= 11 is 5.88. The number of aromatic nitrogens is 2. The molecule has 2 N–H and O–H groups in total. The number of rotatable bonds is 6. The average molecular weight is 260 g/mol. The molecule has 0 spiro atoms. The van der Waals surface area contributed by atoms with Gasteiger partial charge in [-0.05, 0) is 5.92 Å². The van der Waals surface area contributed by atoms with E-state index >= 15 is 0 Å². The van der Waals surface area contributed by atoms with Crippen molar-refractivity contribution in [3.05, 3.63) is 17.0 Å². The molecular formula is C11H18ClN3O2. The molecule has 1 atom stereocenters. The first-order valence-corrected chi connectivity index (χ1v) is 5.84. The maximum Gasteiger partial charge on any atom is 0.158 e. The first-order valence-electron chi connectivity index (χ1n) is 5.46. The quantitative estimate of drug-likeness (QED) is 0.762. The number of nitrogens with zero attached hydrogens (tertiary/aromatic N) is 2. The minimum Gasteiger partial charge on any atom is -0.394 e. The molecule has 1 rings (SSSR count). The Kier molecular flexibility index (Phi) is 5.61. The van der Waals surface area contributed by atoms with Crippen LogP contribution in [0.15, 0.2) is 6.07 Å². The minimum atomic E-state index is -0.0589. The van der Waals surface area contributed by atoms with Gasteiger partial charge in [0.05, 0.1) is 12.6 Å². The van der Waals surface area contributed by atoms with Gasteiger partial charge in [-0.3, -0.25) is 0 Å². The van der Waals surface area contributed by atoms with Crippen molar-refractivity contribution in [2.75, 3.05) is 19.0 Å². The maximum absolute atomic E-state index is 9.24. The lowest BCUT2D eigenvalue weighted by Gasteiger charge is -2.20. The molecule has 1 aromatic heterocycles. The Bertz CT molecular complexity index is 361. The number of nitrogens with one attached hydrogen (secondary N) is 1. The van der Waals surface area contributed by atoms with Crippen molar-refractivity contribution in [3.8, 4) is 0 Å². The van der Waals surface area contributed by atoms with Gasteiger partial charge >= 0.3 is 0 Å². The highest BCUT2D eigenvalue weighted by atomic mass is 35.5. The standard InChI is InChI=1S/C11H18ClN3O2/c1-7(2)8(5-16)13-10-4-9(12)14-11(15-10)6-17-3/h4,7-8,16H,5-6H2,1-3H3,(H,13,14,15)/t8-/m1/s1. The molecule has 5 nitrogen and oxygen atoms in total. The summed E-state index contributed by atoms with van der Waals surface area (Å²) in [5, 5.41) is 12.7. The third-order valence-electron chi connectivity index (χ3n) is 2.35. The lowest BCUT2D eigenvalue weighted by atomic mass is 10.1. The number of halogens is 1. The molecule has 0 fully saturated rings. The van der Waals surface area contributed by atoms with E-state index in [-0.39, 0.29) is 12.6 Å². The summed E-state index contributed by atoms with van der Waals surface area (Å²) in [6.07, 6.45) is 0. The van der Waals surface area contributed by atoms with Crippen LogP contribution in [0.3, 0.4) is 0 Å². The van der Waals surface area contributed by atoms with Gasteiger partial charge in [0, 0.05) is 13.2 Å². The van der Waals surface area contributed by atoms with Crippen molar-refractivity contribution in [1.29, 1.82) is 0 Å². The van der Waals surface area contributed by atoms with Crippen LogP contribution in [0.1, 0.15) is 19.7 Å². The summed E-state index contributed by atoms with van der Waals surface area (Å²) in [5.41, 5.74) is 0. The van der Waals surface area contributed by atoms with Gasteiger partial charge in [0.15, 0.2) is 5.82 Å². The van der Waals surface area contributed by atoms with E-state index in [0.717, 1.165) is 0 Å². The van der Waals surface area contributed by atoms with Gasteiger partial charge in [0.1, 0.15) is 17.6 Å². The van der Waals surface area contributed by atoms with Crippen LogP contribution in [0.5, 0.6) is 0 Å². The number of hydrogen-bond acceptors (Lipinski definition) is 5. The lowest BCUT2D eigenvalue weighted by Crippen LogP contribution is -2.30. The predicted octanol–water partition coefficient (Wildman–Crippen LogP) is 1.71. The molecule has 17 heavy (non-hydrogen) atoms. The molecular weight excluding hydrogens is 242 g/mol. The number of anilines is 1. The van der Waals surface area contributed by atoms with Crippen LogP contribution in [0.25, 0.3) is 0 Å². The second-order valence-corrected chi connectivity index (χ2v) is 4.49. The van der Waals surface area contributed by atoms with E-state index in [4.69, 9.17) is 16.3 Å². The highest BCUT2D eigenvalue weighted by Gasteiger charge is 2.13. The molecule has 0 amide bonds. The number of aliphatic hydroxyl groups excluding tert-OH is 1. The van der Waals surface area contributed by atoms with Crippen LogP contribution >= 0.6 is 11.6 Å². The normalized spacial score (nSPS) is 12.8. The van der Waals surface area contributed by atoms with Gasteiger partial charge in [-0.1, -0.05) is 25.4 Å². The van der Waals surface area contributed by atoms with E-state index in [2.05, 4.69) is 15.3 Å². The Morgan fingerprint density at radius 2 is 2.18 bits per heavy atom. The molecule has 1 heterocycles. The highest BCUT2D eigenvalue weighted by Crippen LogP contribution is 2.15. The number of methoxy groups -OCH3 is 1.